The second-order valence-corrected chi connectivity index (χ2v) is 6.20. The molecule has 2 unspecified atom stereocenters. The second kappa shape index (κ2) is 6.02. The molecule has 2 rings (SSSR count). The first-order valence-corrected chi connectivity index (χ1v) is 7.13. The van der Waals surface area contributed by atoms with E-state index in [1.807, 2.05) is 0 Å². The van der Waals surface area contributed by atoms with Gasteiger partial charge in [-0.2, -0.15) is 0 Å². The molecule has 1 aliphatic carbocycles. The number of carbonyl (C=O) groups is 1. The van der Waals surface area contributed by atoms with Gasteiger partial charge in [0.2, 0.25) is 0 Å². The lowest BCUT2D eigenvalue weighted by Gasteiger charge is -2.36. The highest BCUT2D eigenvalue weighted by Gasteiger charge is 2.30. The summed E-state index contributed by atoms with van der Waals surface area (Å²) >= 11 is 0. The molecule has 0 aromatic rings. The molecule has 2 fully saturated rings. The summed E-state index contributed by atoms with van der Waals surface area (Å²) in [5.74, 6) is -0.766. The standard InChI is InChI=1S/C14H25NO3/c1-14(5-7-18-8-6-14)10-15-12-4-2-3-11(9-12)13(16)17/h11-12,15H,2-10H2,1H3,(H,16,17). The maximum atomic E-state index is 11.0. The molecule has 0 aromatic heterocycles. The number of carboxylic acids is 1. The van der Waals surface area contributed by atoms with E-state index in [0.29, 0.717) is 11.5 Å². The monoisotopic (exact) mass is 255 g/mol. The fourth-order valence-corrected chi connectivity index (χ4v) is 3.03. The molecule has 2 N–H and O–H groups in total. The molecule has 4 nitrogen and oxygen atoms in total. The summed E-state index contributed by atoms with van der Waals surface area (Å²) in [6.45, 7) is 5.02. The van der Waals surface area contributed by atoms with E-state index in [1.54, 1.807) is 0 Å². The fraction of sp³-hybridized carbons (Fsp3) is 0.929. The van der Waals surface area contributed by atoms with Crippen LogP contribution in [-0.2, 0) is 9.53 Å². The molecular formula is C14H25NO3. The molecule has 1 saturated carbocycles. The van der Waals surface area contributed by atoms with Gasteiger partial charge in [-0.1, -0.05) is 13.3 Å². The highest BCUT2D eigenvalue weighted by atomic mass is 16.5. The second-order valence-electron chi connectivity index (χ2n) is 6.20. The van der Waals surface area contributed by atoms with Gasteiger partial charge in [-0.25, -0.2) is 0 Å². The molecule has 0 spiro atoms. The summed E-state index contributed by atoms with van der Waals surface area (Å²) in [6, 6.07) is 0.388. The lowest BCUT2D eigenvalue weighted by Crippen LogP contribution is -2.43. The Morgan fingerprint density at radius 3 is 2.78 bits per heavy atom. The van der Waals surface area contributed by atoms with Crippen molar-refractivity contribution in [3.8, 4) is 0 Å². The highest BCUT2D eigenvalue weighted by molar-refractivity contribution is 5.70. The third-order valence-corrected chi connectivity index (χ3v) is 4.54. The zero-order valence-electron chi connectivity index (χ0n) is 11.3. The van der Waals surface area contributed by atoms with Crippen molar-refractivity contribution in [2.75, 3.05) is 19.8 Å². The van der Waals surface area contributed by atoms with Gasteiger partial charge < -0.3 is 15.2 Å². The summed E-state index contributed by atoms with van der Waals surface area (Å²) in [4.78, 5) is 11.0. The van der Waals surface area contributed by atoms with E-state index < -0.39 is 5.97 Å². The van der Waals surface area contributed by atoms with E-state index in [1.165, 1.54) is 0 Å². The average Bonchev–Trinajstić information content (AvgIpc) is 2.38. The molecule has 4 heteroatoms. The Bertz CT molecular complexity index is 287. The minimum atomic E-state index is -0.626. The van der Waals surface area contributed by atoms with Gasteiger partial charge in [0, 0.05) is 25.8 Å². The Kier molecular flexibility index (Phi) is 4.62. The van der Waals surface area contributed by atoms with Crippen molar-refractivity contribution in [1.29, 1.82) is 0 Å². The van der Waals surface area contributed by atoms with Crippen LogP contribution in [0.25, 0.3) is 0 Å². The largest absolute Gasteiger partial charge is 0.481 e. The van der Waals surface area contributed by atoms with Crippen LogP contribution in [0.1, 0.15) is 45.4 Å². The molecular weight excluding hydrogens is 230 g/mol. The van der Waals surface area contributed by atoms with Crippen LogP contribution in [0.15, 0.2) is 0 Å². The summed E-state index contributed by atoms with van der Waals surface area (Å²) in [6.07, 6.45) is 6.01. The molecule has 0 bridgehead atoms. The summed E-state index contributed by atoms with van der Waals surface area (Å²) in [7, 11) is 0. The average molecular weight is 255 g/mol. The number of carboxylic acid groups (broad SMARTS) is 1. The molecule has 0 radical (unpaired) electrons. The molecule has 1 saturated heterocycles. The molecule has 18 heavy (non-hydrogen) atoms. The van der Waals surface area contributed by atoms with Gasteiger partial charge in [0.05, 0.1) is 5.92 Å². The molecule has 2 atom stereocenters. The number of rotatable bonds is 4. The first kappa shape index (κ1) is 13.8. The van der Waals surface area contributed by atoms with E-state index in [-0.39, 0.29) is 5.92 Å². The van der Waals surface area contributed by atoms with Crippen LogP contribution in [0.2, 0.25) is 0 Å². The van der Waals surface area contributed by atoms with Crippen LogP contribution in [0.5, 0.6) is 0 Å². The van der Waals surface area contributed by atoms with Gasteiger partial charge in [0.25, 0.3) is 0 Å². The zero-order chi connectivity index (χ0) is 13.0. The first-order valence-electron chi connectivity index (χ1n) is 7.13. The third kappa shape index (κ3) is 3.69. The predicted octanol–water partition coefficient (Wildman–Crippen LogP) is 2.04. The van der Waals surface area contributed by atoms with Crippen LogP contribution >= 0.6 is 0 Å². The Labute approximate surface area is 109 Å². The molecule has 0 amide bonds. The topological polar surface area (TPSA) is 58.6 Å². The van der Waals surface area contributed by atoms with Crippen LogP contribution in [0, 0.1) is 11.3 Å². The maximum absolute atomic E-state index is 11.0. The van der Waals surface area contributed by atoms with Gasteiger partial charge in [-0.3, -0.25) is 4.79 Å². The molecule has 2 aliphatic rings. The SMILES string of the molecule is CC1(CNC2CCCC(C(=O)O)C2)CCOCC1. The van der Waals surface area contributed by atoms with Crippen molar-refractivity contribution < 1.29 is 14.6 Å². The maximum Gasteiger partial charge on any atom is 0.306 e. The molecule has 1 heterocycles. The van der Waals surface area contributed by atoms with Crippen molar-refractivity contribution in [3.05, 3.63) is 0 Å². The Morgan fingerprint density at radius 2 is 2.11 bits per heavy atom. The van der Waals surface area contributed by atoms with E-state index in [9.17, 15) is 4.79 Å². The van der Waals surface area contributed by atoms with Crippen LogP contribution in [0.4, 0.5) is 0 Å². The quantitative estimate of drug-likeness (QED) is 0.807. The van der Waals surface area contributed by atoms with Gasteiger partial charge in [0.1, 0.15) is 0 Å². The van der Waals surface area contributed by atoms with Crippen molar-refractivity contribution in [1.82, 2.24) is 5.32 Å². The van der Waals surface area contributed by atoms with Crippen molar-refractivity contribution in [3.63, 3.8) is 0 Å². The third-order valence-electron chi connectivity index (χ3n) is 4.54. The van der Waals surface area contributed by atoms with Gasteiger partial charge in [-0.15, -0.1) is 0 Å². The van der Waals surface area contributed by atoms with E-state index in [0.717, 1.165) is 58.3 Å². The molecule has 1 aliphatic heterocycles. The number of hydrogen-bond acceptors (Lipinski definition) is 3. The zero-order valence-corrected chi connectivity index (χ0v) is 11.3. The van der Waals surface area contributed by atoms with E-state index in [4.69, 9.17) is 9.84 Å². The summed E-state index contributed by atoms with van der Waals surface area (Å²) in [5, 5.41) is 12.7. The van der Waals surface area contributed by atoms with Crippen LogP contribution < -0.4 is 5.32 Å². The number of hydrogen-bond donors (Lipinski definition) is 2. The van der Waals surface area contributed by atoms with Gasteiger partial charge >= 0.3 is 5.97 Å². The number of aliphatic carboxylic acids is 1. The Hall–Kier alpha value is -0.610. The minimum absolute atomic E-state index is 0.140. The summed E-state index contributed by atoms with van der Waals surface area (Å²) in [5.41, 5.74) is 0.328. The smallest absolute Gasteiger partial charge is 0.306 e. The van der Waals surface area contributed by atoms with Crippen LogP contribution in [0.3, 0.4) is 0 Å². The number of nitrogens with one attached hydrogen (secondary N) is 1. The Balaban J connectivity index is 1.77. The van der Waals surface area contributed by atoms with Crippen molar-refractivity contribution in [2.45, 2.75) is 51.5 Å². The van der Waals surface area contributed by atoms with E-state index >= 15 is 0 Å². The first-order chi connectivity index (χ1) is 8.59. The predicted molar refractivity (Wildman–Crippen MR) is 69.5 cm³/mol. The lowest BCUT2D eigenvalue weighted by molar-refractivity contribution is -0.143. The number of ether oxygens (including phenoxy) is 1. The summed E-state index contributed by atoms with van der Waals surface area (Å²) < 4.78 is 5.40. The van der Waals surface area contributed by atoms with Crippen molar-refractivity contribution in [2.24, 2.45) is 11.3 Å². The van der Waals surface area contributed by atoms with Crippen molar-refractivity contribution >= 4 is 5.97 Å². The molecule has 0 aromatic carbocycles. The minimum Gasteiger partial charge on any atom is -0.481 e. The lowest BCUT2D eigenvalue weighted by atomic mass is 9.81. The molecule has 104 valence electrons. The fourth-order valence-electron chi connectivity index (χ4n) is 3.03. The van der Waals surface area contributed by atoms with Gasteiger partial charge in [-0.05, 0) is 37.5 Å². The van der Waals surface area contributed by atoms with E-state index in [2.05, 4.69) is 12.2 Å². The highest BCUT2D eigenvalue weighted by Crippen LogP contribution is 2.30. The Morgan fingerprint density at radius 1 is 1.39 bits per heavy atom. The van der Waals surface area contributed by atoms with Gasteiger partial charge in [0.15, 0.2) is 0 Å². The van der Waals surface area contributed by atoms with Crippen LogP contribution in [-0.4, -0.2) is 36.9 Å². The normalized spacial score (nSPS) is 32.1.